The molecule has 3 N–H and O–H groups in total. The molecule has 0 fully saturated rings. The van der Waals surface area contributed by atoms with Crippen LogP contribution in [0.2, 0.25) is 0 Å². The average Bonchev–Trinajstić information content (AvgIpc) is 2.96. The topological polar surface area (TPSA) is 90.8 Å². The zero-order chi connectivity index (χ0) is 12.8. The third kappa shape index (κ3) is 3.62. The molecular formula is C11H16N6O. The van der Waals surface area contributed by atoms with Crippen LogP contribution in [0.15, 0.2) is 30.7 Å². The largest absolute Gasteiger partial charge is 0.382 e. The van der Waals surface area contributed by atoms with E-state index in [4.69, 9.17) is 5.73 Å². The molecule has 0 unspecified atom stereocenters. The second-order valence-corrected chi connectivity index (χ2v) is 3.91. The normalized spacial score (nSPS) is 10.4. The van der Waals surface area contributed by atoms with E-state index in [-0.39, 0.29) is 12.5 Å². The Morgan fingerprint density at radius 1 is 1.39 bits per heavy atom. The maximum absolute atomic E-state index is 11.5. The Balaban J connectivity index is 1.63. The van der Waals surface area contributed by atoms with Crippen molar-refractivity contribution in [2.24, 2.45) is 0 Å². The summed E-state index contributed by atoms with van der Waals surface area (Å²) in [7, 11) is 0. The SMILES string of the molecule is Nc1ccn(CC(=O)NCCCn2cccn2)n1. The van der Waals surface area contributed by atoms with E-state index in [0.717, 1.165) is 13.0 Å². The molecule has 2 rings (SSSR count). The maximum atomic E-state index is 11.5. The summed E-state index contributed by atoms with van der Waals surface area (Å²) >= 11 is 0. The number of carbonyl (C=O) groups is 1. The van der Waals surface area contributed by atoms with Gasteiger partial charge < -0.3 is 11.1 Å². The summed E-state index contributed by atoms with van der Waals surface area (Å²) in [4.78, 5) is 11.5. The highest BCUT2D eigenvalue weighted by atomic mass is 16.2. The third-order valence-electron chi connectivity index (χ3n) is 2.41. The van der Waals surface area contributed by atoms with Crippen molar-refractivity contribution in [1.29, 1.82) is 0 Å². The van der Waals surface area contributed by atoms with Crippen LogP contribution in [0.3, 0.4) is 0 Å². The Bertz CT molecular complexity index is 489. The van der Waals surface area contributed by atoms with Crippen molar-refractivity contribution in [3.8, 4) is 0 Å². The van der Waals surface area contributed by atoms with Crippen LogP contribution in [0.4, 0.5) is 5.82 Å². The first kappa shape index (κ1) is 12.2. The minimum atomic E-state index is -0.0708. The molecule has 96 valence electrons. The number of carbonyl (C=O) groups excluding carboxylic acids is 1. The highest BCUT2D eigenvalue weighted by Crippen LogP contribution is 1.95. The van der Waals surface area contributed by atoms with Crippen LogP contribution in [0, 0.1) is 0 Å². The van der Waals surface area contributed by atoms with Crippen molar-refractivity contribution in [2.45, 2.75) is 19.5 Å². The predicted octanol–water partition coefficient (Wildman–Crippen LogP) is -0.132. The van der Waals surface area contributed by atoms with Gasteiger partial charge in [-0.2, -0.15) is 10.2 Å². The molecule has 0 aromatic carbocycles. The van der Waals surface area contributed by atoms with E-state index < -0.39 is 0 Å². The van der Waals surface area contributed by atoms with Crippen molar-refractivity contribution in [3.63, 3.8) is 0 Å². The number of aryl methyl sites for hydroxylation is 1. The van der Waals surface area contributed by atoms with E-state index in [0.29, 0.717) is 12.4 Å². The minimum Gasteiger partial charge on any atom is -0.382 e. The van der Waals surface area contributed by atoms with E-state index in [1.165, 1.54) is 4.68 Å². The van der Waals surface area contributed by atoms with Gasteiger partial charge in [0.2, 0.25) is 5.91 Å². The molecule has 2 aromatic rings. The first-order valence-electron chi connectivity index (χ1n) is 5.77. The summed E-state index contributed by atoms with van der Waals surface area (Å²) < 4.78 is 3.35. The van der Waals surface area contributed by atoms with Crippen LogP contribution in [0.25, 0.3) is 0 Å². The summed E-state index contributed by atoms with van der Waals surface area (Å²) in [6, 6.07) is 3.53. The fraction of sp³-hybridized carbons (Fsp3) is 0.364. The summed E-state index contributed by atoms with van der Waals surface area (Å²) in [6.45, 7) is 1.61. The molecule has 2 aromatic heterocycles. The van der Waals surface area contributed by atoms with Crippen LogP contribution < -0.4 is 11.1 Å². The summed E-state index contributed by atoms with van der Waals surface area (Å²) in [5.41, 5.74) is 5.46. The monoisotopic (exact) mass is 248 g/mol. The molecule has 0 bridgehead atoms. The van der Waals surface area contributed by atoms with Gasteiger partial charge in [0.25, 0.3) is 0 Å². The first-order chi connectivity index (χ1) is 8.74. The van der Waals surface area contributed by atoms with Gasteiger partial charge in [-0.25, -0.2) is 0 Å². The van der Waals surface area contributed by atoms with Crippen molar-refractivity contribution in [3.05, 3.63) is 30.7 Å². The summed E-state index contributed by atoms with van der Waals surface area (Å²) in [5, 5.41) is 10.8. The zero-order valence-corrected chi connectivity index (χ0v) is 9.99. The first-order valence-corrected chi connectivity index (χ1v) is 5.77. The van der Waals surface area contributed by atoms with Gasteiger partial charge in [-0.1, -0.05) is 0 Å². The minimum absolute atomic E-state index is 0.0708. The van der Waals surface area contributed by atoms with Crippen molar-refractivity contribution in [2.75, 3.05) is 12.3 Å². The van der Waals surface area contributed by atoms with Gasteiger partial charge in [0, 0.05) is 31.7 Å². The molecule has 1 amide bonds. The van der Waals surface area contributed by atoms with E-state index in [1.54, 1.807) is 18.5 Å². The van der Waals surface area contributed by atoms with Crippen molar-refractivity contribution >= 4 is 11.7 Å². The number of hydrogen-bond donors (Lipinski definition) is 2. The smallest absolute Gasteiger partial charge is 0.241 e. The number of rotatable bonds is 6. The molecule has 7 heteroatoms. The molecule has 0 radical (unpaired) electrons. The van der Waals surface area contributed by atoms with Gasteiger partial charge >= 0.3 is 0 Å². The van der Waals surface area contributed by atoms with Gasteiger partial charge in [0.15, 0.2) is 0 Å². The van der Waals surface area contributed by atoms with Gasteiger partial charge in [-0.15, -0.1) is 0 Å². The Morgan fingerprint density at radius 3 is 2.94 bits per heavy atom. The Labute approximate surface area is 105 Å². The molecular weight excluding hydrogens is 232 g/mol. The molecule has 7 nitrogen and oxygen atoms in total. The van der Waals surface area contributed by atoms with Crippen LogP contribution in [0.1, 0.15) is 6.42 Å². The highest BCUT2D eigenvalue weighted by Gasteiger charge is 2.03. The van der Waals surface area contributed by atoms with Crippen LogP contribution in [-0.2, 0) is 17.9 Å². The van der Waals surface area contributed by atoms with E-state index in [2.05, 4.69) is 15.5 Å². The molecule has 0 saturated carbocycles. The van der Waals surface area contributed by atoms with Crippen LogP contribution in [-0.4, -0.2) is 32.0 Å². The van der Waals surface area contributed by atoms with E-state index in [1.807, 2.05) is 16.9 Å². The van der Waals surface area contributed by atoms with Crippen LogP contribution in [0.5, 0.6) is 0 Å². The highest BCUT2D eigenvalue weighted by molar-refractivity contribution is 5.75. The Hall–Kier alpha value is -2.31. The van der Waals surface area contributed by atoms with E-state index in [9.17, 15) is 4.79 Å². The second-order valence-electron chi connectivity index (χ2n) is 3.91. The molecule has 18 heavy (non-hydrogen) atoms. The Kier molecular flexibility index (Phi) is 3.95. The molecule has 2 heterocycles. The molecule has 0 spiro atoms. The lowest BCUT2D eigenvalue weighted by Gasteiger charge is -2.05. The maximum Gasteiger partial charge on any atom is 0.241 e. The second kappa shape index (κ2) is 5.85. The van der Waals surface area contributed by atoms with Crippen LogP contribution >= 0.6 is 0 Å². The molecule has 0 aliphatic heterocycles. The Morgan fingerprint density at radius 2 is 2.28 bits per heavy atom. The fourth-order valence-electron chi connectivity index (χ4n) is 1.57. The van der Waals surface area contributed by atoms with Gasteiger partial charge in [-0.3, -0.25) is 14.2 Å². The molecule has 0 aliphatic carbocycles. The lowest BCUT2D eigenvalue weighted by atomic mass is 10.4. The predicted molar refractivity (Wildman–Crippen MR) is 66.5 cm³/mol. The van der Waals surface area contributed by atoms with Gasteiger partial charge in [-0.05, 0) is 18.6 Å². The van der Waals surface area contributed by atoms with E-state index >= 15 is 0 Å². The zero-order valence-electron chi connectivity index (χ0n) is 9.99. The number of anilines is 1. The van der Waals surface area contributed by atoms with Crippen molar-refractivity contribution in [1.82, 2.24) is 24.9 Å². The third-order valence-corrected chi connectivity index (χ3v) is 2.41. The molecule has 0 atom stereocenters. The number of aromatic nitrogens is 4. The summed E-state index contributed by atoms with van der Waals surface area (Å²) in [5.74, 6) is 0.347. The number of nitrogens with zero attached hydrogens (tertiary/aromatic N) is 4. The standard InChI is InChI=1S/C11H16N6O/c12-10-3-8-17(15-10)9-11(18)13-4-1-6-16-7-2-5-14-16/h2-3,5,7-8H,1,4,6,9H2,(H2,12,15)(H,13,18). The number of amides is 1. The number of nitrogens with two attached hydrogens (primary N) is 1. The molecule has 0 saturated heterocycles. The van der Waals surface area contributed by atoms with Crippen molar-refractivity contribution < 1.29 is 4.79 Å². The fourth-order valence-corrected chi connectivity index (χ4v) is 1.57. The average molecular weight is 248 g/mol. The van der Waals surface area contributed by atoms with Gasteiger partial charge in [0.05, 0.1) is 0 Å². The number of nitrogens with one attached hydrogen (secondary N) is 1. The molecule has 0 aliphatic rings. The number of hydrogen-bond acceptors (Lipinski definition) is 4. The summed E-state index contributed by atoms with van der Waals surface area (Å²) in [6.07, 6.45) is 6.16. The number of nitrogen functional groups attached to an aromatic ring is 1. The van der Waals surface area contributed by atoms with Gasteiger partial charge in [0.1, 0.15) is 12.4 Å². The lowest BCUT2D eigenvalue weighted by Crippen LogP contribution is -2.29. The lowest BCUT2D eigenvalue weighted by molar-refractivity contribution is -0.121. The quantitative estimate of drug-likeness (QED) is 0.697.